The Morgan fingerprint density at radius 1 is 1.27 bits per heavy atom. The molecule has 0 aromatic heterocycles. The van der Waals surface area contributed by atoms with Crippen molar-refractivity contribution in [3.8, 4) is 0 Å². The minimum absolute atomic E-state index is 0.0682. The molecule has 6 nitrogen and oxygen atoms in total. The second-order valence-electron chi connectivity index (χ2n) is 6.77. The Bertz CT molecular complexity index is 513. The molecule has 3 aliphatic rings. The number of imide groups is 1. The summed E-state index contributed by atoms with van der Waals surface area (Å²) in [4.78, 5) is 38.1. The first-order valence-corrected chi connectivity index (χ1v) is 7.98. The highest BCUT2D eigenvalue weighted by Crippen LogP contribution is 2.52. The Kier molecular flexibility index (Phi) is 3.80. The van der Waals surface area contributed by atoms with Gasteiger partial charge in [0, 0.05) is 25.0 Å². The van der Waals surface area contributed by atoms with E-state index in [-0.39, 0.29) is 66.4 Å². The first-order chi connectivity index (χ1) is 10.4. The number of carbonyl (C=O) groups is 3. The lowest BCUT2D eigenvalue weighted by Crippen LogP contribution is -2.43. The van der Waals surface area contributed by atoms with E-state index in [0.29, 0.717) is 0 Å². The maximum Gasteiger partial charge on any atom is 0.233 e. The second-order valence-corrected chi connectivity index (χ2v) is 6.77. The number of carbonyl (C=O) groups excluding carboxylic acids is 3. The van der Waals surface area contributed by atoms with Crippen LogP contribution >= 0.6 is 0 Å². The standard InChI is InChI=1S/C16H23N3O3/c1-8(9(2)17)14(20)18-5-6-19-15(21)12-10-3-4-11(7-10)13(12)16(19)22/h3-4,8-13H,5-7,17H2,1-2H3,(H,18,20). The number of nitrogens with two attached hydrogens (primary N) is 1. The van der Waals surface area contributed by atoms with Gasteiger partial charge in [-0.15, -0.1) is 0 Å². The van der Waals surface area contributed by atoms with Crippen LogP contribution in [0.5, 0.6) is 0 Å². The van der Waals surface area contributed by atoms with E-state index in [9.17, 15) is 14.4 Å². The van der Waals surface area contributed by atoms with Crippen molar-refractivity contribution in [1.82, 2.24) is 10.2 Å². The lowest BCUT2D eigenvalue weighted by Gasteiger charge is -2.19. The normalized spacial score (nSPS) is 35.0. The van der Waals surface area contributed by atoms with Crippen LogP contribution in [0.3, 0.4) is 0 Å². The molecule has 6 atom stereocenters. The number of nitrogens with zero attached hydrogens (tertiary/aromatic N) is 1. The molecule has 0 aromatic rings. The monoisotopic (exact) mass is 305 g/mol. The third kappa shape index (κ3) is 2.26. The molecule has 2 fully saturated rings. The third-order valence-corrected chi connectivity index (χ3v) is 5.40. The Hall–Kier alpha value is -1.69. The molecular weight excluding hydrogens is 282 g/mol. The zero-order valence-electron chi connectivity index (χ0n) is 13.0. The lowest BCUT2D eigenvalue weighted by molar-refractivity contribution is -0.141. The predicted molar refractivity (Wildman–Crippen MR) is 80.3 cm³/mol. The topological polar surface area (TPSA) is 92.5 Å². The molecule has 2 aliphatic carbocycles. The molecule has 1 saturated heterocycles. The maximum absolute atomic E-state index is 12.4. The summed E-state index contributed by atoms with van der Waals surface area (Å²) in [7, 11) is 0. The minimum atomic E-state index is -0.288. The minimum Gasteiger partial charge on any atom is -0.354 e. The van der Waals surface area contributed by atoms with Gasteiger partial charge in [-0.1, -0.05) is 19.1 Å². The summed E-state index contributed by atoms with van der Waals surface area (Å²) in [6.45, 7) is 4.08. The number of allylic oxidation sites excluding steroid dienone is 2. The van der Waals surface area contributed by atoms with Crippen molar-refractivity contribution in [2.75, 3.05) is 13.1 Å². The quantitative estimate of drug-likeness (QED) is 0.548. The largest absolute Gasteiger partial charge is 0.354 e. The van der Waals surface area contributed by atoms with E-state index >= 15 is 0 Å². The van der Waals surface area contributed by atoms with E-state index in [1.54, 1.807) is 13.8 Å². The van der Waals surface area contributed by atoms with Crippen molar-refractivity contribution in [2.24, 2.45) is 35.3 Å². The number of hydrogen-bond donors (Lipinski definition) is 2. The van der Waals surface area contributed by atoms with Gasteiger partial charge < -0.3 is 11.1 Å². The maximum atomic E-state index is 12.4. The van der Waals surface area contributed by atoms with Crippen LogP contribution in [-0.4, -0.2) is 41.8 Å². The molecule has 22 heavy (non-hydrogen) atoms. The van der Waals surface area contributed by atoms with E-state index in [1.165, 1.54) is 4.90 Å². The van der Waals surface area contributed by atoms with Gasteiger partial charge in [0.05, 0.1) is 11.8 Å². The summed E-state index contributed by atoms with van der Waals surface area (Å²) in [6.07, 6.45) is 5.09. The van der Waals surface area contributed by atoms with Crippen LogP contribution in [0, 0.1) is 29.6 Å². The molecular formula is C16H23N3O3. The van der Waals surface area contributed by atoms with Gasteiger partial charge in [-0.3, -0.25) is 19.3 Å². The van der Waals surface area contributed by atoms with Crippen LogP contribution in [0.15, 0.2) is 12.2 Å². The molecule has 0 aromatic carbocycles. The van der Waals surface area contributed by atoms with Crippen LogP contribution in [0.2, 0.25) is 0 Å². The number of rotatable bonds is 5. The van der Waals surface area contributed by atoms with Gasteiger partial charge in [0.2, 0.25) is 17.7 Å². The molecule has 6 unspecified atom stereocenters. The Morgan fingerprint density at radius 3 is 2.32 bits per heavy atom. The predicted octanol–water partition coefficient (Wildman–Crippen LogP) is -0.107. The number of likely N-dealkylation sites (tertiary alicyclic amines) is 1. The SMILES string of the molecule is CC(N)C(C)C(=O)NCCN1C(=O)C2C3C=CC(C3)C2C1=O. The van der Waals surface area contributed by atoms with Gasteiger partial charge >= 0.3 is 0 Å². The third-order valence-electron chi connectivity index (χ3n) is 5.40. The molecule has 0 spiro atoms. The van der Waals surface area contributed by atoms with Crippen molar-refractivity contribution in [3.63, 3.8) is 0 Å². The van der Waals surface area contributed by atoms with Gasteiger partial charge in [0.1, 0.15) is 0 Å². The fourth-order valence-electron chi connectivity index (χ4n) is 3.88. The van der Waals surface area contributed by atoms with Crippen LogP contribution < -0.4 is 11.1 Å². The summed E-state index contributed by atoms with van der Waals surface area (Å²) in [5, 5.41) is 2.75. The number of hydrogen-bond acceptors (Lipinski definition) is 4. The van der Waals surface area contributed by atoms with Crippen molar-refractivity contribution < 1.29 is 14.4 Å². The fourth-order valence-corrected chi connectivity index (χ4v) is 3.88. The fraction of sp³-hybridized carbons (Fsp3) is 0.688. The van der Waals surface area contributed by atoms with Crippen LogP contribution in [0.4, 0.5) is 0 Å². The van der Waals surface area contributed by atoms with E-state index in [0.717, 1.165) is 6.42 Å². The summed E-state index contributed by atoms with van der Waals surface area (Å²) in [6, 6.07) is -0.226. The van der Waals surface area contributed by atoms with Gasteiger partial charge in [0.15, 0.2) is 0 Å². The first-order valence-electron chi connectivity index (χ1n) is 7.98. The molecule has 3 N–H and O–H groups in total. The summed E-state index contributed by atoms with van der Waals surface area (Å²) in [5.74, 6) is -0.446. The van der Waals surface area contributed by atoms with Crippen molar-refractivity contribution in [3.05, 3.63) is 12.2 Å². The summed E-state index contributed by atoms with van der Waals surface area (Å²) in [5.41, 5.74) is 5.69. The van der Waals surface area contributed by atoms with Crippen LogP contribution in [0.1, 0.15) is 20.3 Å². The number of fused-ring (bicyclic) bond motifs is 5. The molecule has 1 heterocycles. The van der Waals surface area contributed by atoms with E-state index < -0.39 is 0 Å². The molecule has 1 saturated carbocycles. The van der Waals surface area contributed by atoms with Crippen molar-refractivity contribution >= 4 is 17.7 Å². The summed E-state index contributed by atoms with van der Waals surface area (Å²) >= 11 is 0. The highest BCUT2D eigenvalue weighted by atomic mass is 16.2. The zero-order chi connectivity index (χ0) is 16.0. The first kappa shape index (κ1) is 15.2. The highest BCUT2D eigenvalue weighted by molar-refractivity contribution is 6.06. The van der Waals surface area contributed by atoms with Crippen molar-refractivity contribution in [2.45, 2.75) is 26.3 Å². The molecule has 2 bridgehead atoms. The van der Waals surface area contributed by atoms with Crippen LogP contribution in [0.25, 0.3) is 0 Å². The molecule has 3 amide bonds. The zero-order valence-corrected chi connectivity index (χ0v) is 13.0. The average Bonchev–Trinajstić information content (AvgIpc) is 3.15. The van der Waals surface area contributed by atoms with Gasteiger partial charge in [-0.2, -0.15) is 0 Å². The lowest BCUT2D eigenvalue weighted by atomic mass is 9.85. The van der Waals surface area contributed by atoms with Crippen LogP contribution in [-0.2, 0) is 14.4 Å². The van der Waals surface area contributed by atoms with Gasteiger partial charge in [0.25, 0.3) is 0 Å². The van der Waals surface area contributed by atoms with Gasteiger partial charge in [-0.05, 0) is 25.2 Å². The Morgan fingerprint density at radius 2 is 1.82 bits per heavy atom. The number of nitrogens with one attached hydrogen (secondary N) is 1. The smallest absolute Gasteiger partial charge is 0.233 e. The molecule has 1 aliphatic heterocycles. The number of amides is 3. The van der Waals surface area contributed by atoms with E-state index in [2.05, 4.69) is 17.5 Å². The van der Waals surface area contributed by atoms with E-state index in [4.69, 9.17) is 5.73 Å². The Balaban J connectivity index is 1.55. The molecule has 0 radical (unpaired) electrons. The van der Waals surface area contributed by atoms with Gasteiger partial charge in [-0.25, -0.2) is 0 Å². The molecule has 120 valence electrons. The molecule has 6 heteroatoms. The molecule has 3 rings (SSSR count). The average molecular weight is 305 g/mol. The summed E-state index contributed by atoms with van der Waals surface area (Å²) < 4.78 is 0. The second kappa shape index (κ2) is 5.50. The van der Waals surface area contributed by atoms with E-state index in [1.807, 2.05) is 0 Å². The highest BCUT2D eigenvalue weighted by Gasteiger charge is 2.58. The van der Waals surface area contributed by atoms with Crippen molar-refractivity contribution in [1.29, 1.82) is 0 Å². The Labute approximate surface area is 130 Å².